The lowest BCUT2D eigenvalue weighted by Gasteiger charge is -2.20. The minimum absolute atomic E-state index is 0.0105. The van der Waals surface area contributed by atoms with Crippen molar-refractivity contribution in [1.29, 1.82) is 0 Å². The first kappa shape index (κ1) is 15.6. The quantitative estimate of drug-likeness (QED) is 0.844. The van der Waals surface area contributed by atoms with Crippen LogP contribution >= 0.6 is 0 Å². The van der Waals surface area contributed by atoms with Gasteiger partial charge in [0.05, 0.1) is 6.54 Å². The predicted octanol–water partition coefficient (Wildman–Crippen LogP) is 1.49. The zero-order valence-corrected chi connectivity index (χ0v) is 12.3. The Kier molecular flexibility index (Phi) is 5.44. The van der Waals surface area contributed by atoms with Crippen molar-refractivity contribution in [2.24, 2.45) is 0 Å². The Morgan fingerprint density at radius 2 is 1.90 bits per heavy atom. The number of halogens is 1. The number of ketones is 1. The lowest BCUT2D eigenvalue weighted by Crippen LogP contribution is -2.36. The number of Topliss-reactive ketones (excluding diaryl/α,β-unsaturated/α-hetero) is 1. The minimum Gasteiger partial charge on any atom is -0.342 e. The average Bonchev–Trinajstić information content (AvgIpc) is 2.67. The lowest BCUT2D eigenvalue weighted by atomic mass is 10.1. The fourth-order valence-corrected chi connectivity index (χ4v) is 2.60. The summed E-state index contributed by atoms with van der Waals surface area (Å²) in [6.45, 7) is 4.78. The van der Waals surface area contributed by atoms with Crippen molar-refractivity contribution in [1.82, 2.24) is 9.80 Å². The van der Waals surface area contributed by atoms with Crippen LogP contribution in [0.2, 0.25) is 0 Å². The molecule has 1 heterocycles. The monoisotopic (exact) mass is 292 g/mol. The molecule has 4 nitrogen and oxygen atoms in total. The van der Waals surface area contributed by atoms with Gasteiger partial charge in [0.25, 0.3) is 0 Å². The van der Waals surface area contributed by atoms with Crippen molar-refractivity contribution in [2.45, 2.75) is 19.8 Å². The molecule has 1 saturated heterocycles. The van der Waals surface area contributed by atoms with Crippen molar-refractivity contribution in [3.8, 4) is 0 Å². The number of rotatable bonds is 4. The van der Waals surface area contributed by atoms with Gasteiger partial charge in [-0.3, -0.25) is 14.5 Å². The smallest absolute Gasteiger partial charge is 0.219 e. The zero-order valence-electron chi connectivity index (χ0n) is 12.3. The molecule has 0 atom stereocenters. The first-order chi connectivity index (χ1) is 10.1. The van der Waals surface area contributed by atoms with Crippen LogP contribution in [0, 0.1) is 5.82 Å². The van der Waals surface area contributed by atoms with Gasteiger partial charge in [0.15, 0.2) is 5.78 Å². The molecule has 0 spiro atoms. The Labute approximate surface area is 124 Å². The maximum Gasteiger partial charge on any atom is 0.219 e. The van der Waals surface area contributed by atoms with Crippen LogP contribution in [-0.2, 0) is 16.0 Å². The van der Waals surface area contributed by atoms with E-state index in [9.17, 15) is 14.0 Å². The van der Waals surface area contributed by atoms with Gasteiger partial charge in [0.2, 0.25) is 5.91 Å². The van der Waals surface area contributed by atoms with E-state index in [1.165, 1.54) is 6.07 Å². The third kappa shape index (κ3) is 4.63. The normalized spacial score (nSPS) is 16.6. The van der Waals surface area contributed by atoms with Gasteiger partial charge in [-0.05, 0) is 18.1 Å². The van der Waals surface area contributed by atoms with Gasteiger partial charge < -0.3 is 4.90 Å². The summed E-state index contributed by atoms with van der Waals surface area (Å²) in [6, 6.07) is 6.38. The fraction of sp³-hybridized carbons (Fsp3) is 0.500. The maximum absolute atomic E-state index is 13.5. The van der Waals surface area contributed by atoms with E-state index in [1.54, 1.807) is 30.0 Å². The molecule has 1 aromatic carbocycles. The number of hydrogen-bond acceptors (Lipinski definition) is 3. The molecule has 0 aliphatic carbocycles. The van der Waals surface area contributed by atoms with E-state index < -0.39 is 0 Å². The summed E-state index contributed by atoms with van der Waals surface area (Å²) in [7, 11) is 0. The number of amides is 1. The molecular weight excluding hydrogens is 271 g/mol. The summed E-state index contributed by atoms with van der Waals surface area (Å²) >= 11 is 0. The zero-order chi connectivity index (χ0) is 15.2. The van der Waals surface area contributed by atoms with Gasteiger partial charge >= 0.3 is 0 Å². The molecule has 2 rings (SSSR count). The van der Waals surface area contributed by atoms with Crippen LogP contribution in [0.15, 0.2) is 24.3 Å². The largest absolute Gasteiger partial charge is 0.342 e. The molecule has 0 aromatic heterocycles. The van der Waals surface area contributed by atoms with Gasteiger partial charge in [-0.1, -0.05) is 18.2 Å². The molecule has 1 fully saturated rings. The van der Waals surface area contributed by atoms with Crippen molar-refractivity contribution < 1.29 is 14.0 Å². The van der Waals surface area contributed by atoms with E-state index in [0.717, 1.165) is 19.5 Å². The molecule has 5 heteroatoms. The summed E-state index contributed by atoms with van der Waals surface area (Å²) in [5.41, 5.74) is 0.447. The highest BCUT2D eigenvalue weighted by molar-refractivity contribution is 5.82. The Morgan fingerprint density at radius 3 is 2.62 bits per heavy atom. The second kappa shape index (κ2) is 7.31. The van der Waals surface area contributed by atoms with E-state index >= 15 is 0 Å². The topological polar surface area (TPSA) is 40.6 Å². The Hall–Kier alpha value is -1.75. The molecule has 0 unspecified atom stereocenters. The van der Waals surface area contributed by atoms with Crippen LogP contribution in [0.5, 0.6) is 0 Å². The number of nitrogens with zero attached hydrogens (tertiary/aromatic N) is 2. The maximum atomic E-state index is 13.5. The van der Waals surface area contributed by atoms with Gasteiger partial charge in [-0.2, -0.15) is 0 Å². The predicted molar refractivity (Wildman–Crippen MR) is 78.4 cm³/mol. The molecule has 21 heavy (non-hydrogen) atoms. The Balaban J connectivity index is 1.85. The molecule has 114 valence electrons. The first-order valence-electron chi connectivity index (χ1n) is 7.29. The van der Waals surface area contributed by atoms with Crippen molar-refractivity contribution in [2.75, 3.05) is 32.7 Å². The summed E-state index contributed by atoms with van der Waals surface area (Å²) in [5, 5.41) is 0. The summed E-state index contributed by atoms with van der Waals surface area (Å²) in [6.07, 6.45) is 0.992. The van der Waals surface area contributed by atoms with E-state index in [1.807, 2.05) is 4.90 Å². The third-order valence-electron chi connectivity index (χ3n) is 3.78. The van der Waals surface area contributed by atoms with Crippen LogP contribution in [0.3, 0.4) is 0 Å². The van der Waals surface area contributed by atoms with Gasteiger partial charge in [0, 0.05) is 39.5 Å². The summed E-state index contributed by atoms with van der Waals surface area (Å²) in [5.74, 6) is -0.240. The average molecular weight is 292 g/mol. The second-order valence-corrected chi connectivity index (χ2v) is 5.44. The van der Waals surface area contributed by atoms with E-state index in [-0.39, 0.29) is 23.9 Å². The van der Waals surface area contributed by atoms with E-state index in [0.29, 0.717) is 25.2 Å². The van der Waals surface area contributed by atoms with Crippen molar-refractivity contribution >= 4 is 11.7 Å². The van der Waals surface area contributed by atoms with E-state index in [4.69, 9.17) is 0 Å². The third-order valence-corrected chi connectivity index (χ3v) is 3.78. The number of hydrogen-bond donors (Lipinski definition) is 0. The van der Waals surface area contributed by atoms with Gasteiger partial charge in [0.1, 0.15) is 5.82 Å². The molecule has 1 amide bonds. The Bertz CT molecular complexity index is 519. The molecule has 0 bridgehead atoms. The molecular formula is C16H21FN2O2. The Morgan fingerprint density at radius 1 is 1.14 bits per heavy atom. The summed E-state index contributed by atoms with van der Waals surface area (Å²) < 4.78 is 13.5. The van der Waals surface area contributed by atoms with Crippen molar-refractivity contribution in [3.05, 3.63) is 35.6 Å². The number of benzene rings is 1. The first-order valence-corrected chi connectivity index (χ1v) is 7.29. The molecule has 1 aromatic rings. The van der Waals surface area contributed by atoms with Crippen LogP contribution in [0.4, 0.5) is 4.39 Å². The second-order valence-electron chi connectivity index (χ2n) is 5.44. The SMILES string of the molecule is CC(=O)N1CCCN(CC(=O)Cc2ccccc2F)CC1. The molecule has 0 radical (unpaired) electrons. The van der Waals surface area contributed by atoms with Crippen LogP contribution in [0.25, 0.3) is 0 Å². The fourth-order valence-electron chi connectivity index (χ4n) is 2.60. The van der Waals surface area contributed by atoms with Crippen molar-refractivity contribution in [3.63, 3.8) is 0 Å². The van der Waals surface area contributed by atoms with Crippen LogP contribution < -0.4 is 0 Å². The van der Waals surface area contributed by atoms with Crippen LogP contribution in [0.1, 0.15) is 18.9 Å². The van der Waals surface area contributed by atoms with Crippen LogP contribution in [-0.4, -0.2) is 54.2 Å². The minimum atomic E-state index is -0.329. The molecule has 1 aliphatic heterocycles. The molecule has 0 N–H and O–H groups in total. The highest BCUT2D eigenvalue weighted by atomic mass is 19.1. The van der Waals surface area contributed by atoms with Gasteiger partial charge in [-0.25, -0.2) is 4.39 Å². The molecule has 1 aliphatic rings. The van der Waals surface area contributed by atoms with E-state index in [2.05, 4.69) is 0 Å². The highest BCUT2D eigenvalue weighted by Gasteiger charge is 2.18. The highest BCUT2D eigenvalue weighted by Crippen LogP contribution is 2.09. The van der Waals surface area contributed by atoms with Gasteiger partial charge in [-0.15, -0.1) is 0 Å². The number of carbonyl (C=O) groups excluding carboxylic acids is 2. The lowest BCUT2D eigenvalue weighted by molar-refractivity contribution is -0.128. The number of carbonyl (C=O) groups is 2. The summed E-state index contributed by atoms with van der Waals surface area (Å²) in [4.78, 5) is 27.3. The molecule has 0 saturated carbocycles. The standard InChI is InChI=1S/C16H21FN2O2/c1-13(20)19-8-4-7-18(9-10-19)12-15(21)11-14-5-2-3-6-16(14)17/h2-3,5-6H,4,7-12H2,1H3.